The van der Waals surface area contributed by atoms with Crippen LogP contribution in [0.15, 0.2) is 6.20 Å². The number of anilines is 2. The van der Waals surface area contributed by atoms with Gasteiger partial charge in [-0.1, -0.05) is 0 Å². The van der Waals surface area contributed by atoms with E-state index in [1.165, 1.54) is 0 Å². The molecule has 2 rings (SSSR count). The highest BCUT2D eigenvalue weighted by atomic mass is 19.1. The highest BCUT2D eigenvalue weighted by Crippen LogP contribution is 2.21. The molecule has 2 N–H and O–H groups in total. The highest BCUT2D eigenvalue weighted by Gasteiger charge is 2.25. The second-order valence-corrected chi connectivity index (χ2v) is 4.06. The summed E-state index contributed by atoms with van der Waals surface area (Å²) in [5.74, 6) is -0.104. The Labute approximate surface area is 93.4 Å². The van der Waals surface area contributed by atoms with E-state index in [0.29, 0.717) is 13.1 Å². The van der Waals surface area contributed by atoms with E-state index in [-0.39, 0.29) is 24.0 Å². The van der Waals surface area contributed by atoms with Crippen molar-refractivity contribution in [2.24, 2.45) is 0 Å². The van der Waals surface area contributed by atoms with Gasteiger partial charge in [-0.3, -0.25) is 0 Å². The first-order valence-electron chi connectivity index (χ1n) is 5.24. The third-order valence-corrected chi connectivity index (χ3v) is 2.46. The zero-order valence-corrected chi connectivity index (χ0v) is 9.35. The second-order valence-electron chi connectivity index (χ2n) is 4.06. The quantitative estimate of drug-likeness (QED) is 0.767. The molecule has 0 bridgehead atoms. The van der Waals surface area contributed by atoms with Crippen LogP contribution >= 0.6 is 0 Å². The van der Waals surface area contributed by atoms with Gasteiger partial charge in [-0.2, -0.15) is 4.98 Å². The zero-order valence-electron chi connectivity index (χ0n) is 9.35. The van der Waals surface area contributed by atoms with Crippen molar-refractivity contribution in [1.82, 2.24) is 9.97 Å². The number of nitrogens with zero attached hydrogens (tertiary/aromatic N) is 3. The van der Waals surface area contributed by atoms with E-state index in [1.54, 1.807) is 0 Å². The van der Waals surface area contributed by atoms with Gasteiger partial charge in [0, 0.05) is 13.1 Å². The van der Waals surface area contributed by atoms with Gasteiger partial charge in [0.15, 0.2) is 11.6 Å². The van der Waals surface area contributed by atoms with Crippen LogP contribution in [0.2, 0.25) is 0 Å². The van der Waals surface area contributed by atoms with Gasteiger partial charge < -0.3 is 15.4 Å². The molecule has 1 fully saturated rings. The van der Waals surface area contributed by atoms with Crippen molar-refractivity contribution in [3.63, 3.8) is 0 Å². The Morgan fingerprint density at radius 2 is 2.06 bits per heavy atom. The van der Waals surface area contributed by atoms with Crippen LogP contribution in [0.3, 0.4) is 0 Å². The van der Waals surface area contributed by atoms with E-state index in [0.717, 1.165) is 6.20 Å². The molecule has 1 aromatic heterocycles. The topological polar surface area (TPSA) is 64.3 Å². The predicted molar refractivity (Wildman–Crippen MR) is 58.6 cm³/mol. The first kappa shape index (κ1) is 11.1. The van der Waals surface area contributed by atoms with Crippen molar-refractivity contribution in [2.45, 2.75) is 26.1 Å². The largest absolute Gasteiger partial charge is 0.372 e. The number of morpholine rings is 1. The number of hydrogen-bond donors (Lipinski definition) is 1. The van der Waals surface area contributed by atoms with Crippen LogP contribution in [0.4, 0.5) is 16.2 Å². The fourth-order valence-corrected chi connectivity index (χ4v) is 1.94. The van der Waals surface area contributed by atoms with Gasteiger partial charge in [-0.25, -0.2) is 9.37 Å². The molecule has 2 atom stereocenters. The third kappa shape index (κ3) is 2.21. The molecule has 1 aliphatic heterocycles. The SMILES string of the molecule is CC1CN(c2nc(N)ncc2F)CC(C)O1. The summed E-state index contributed by atoms with van der Waals surface area (Å²) >= 11 is 0. The van der Waals surface area contributed by atoms with E-state index in [4.69, 9.17) is 10.5 Å². The van der Waals surface area contributed by atoms with Crippen molar-refractivity contribution < 1.29 is 9.13 Å². The van der Waals surface area contributed by atoms with Crippen molar-refractivity contribution in [1.29, 1.82) is 0 Å². The molecule has 1 saturated heterocycles. The highest BCUT2D eigenvalue weighted by molar-refractivity contribution is 5.43. The molecule has 0 aromatic carbocycles. The minimum Gasteiger partial charge on any atom is -0.372 e. The Balaban J connectivity index is 2.25. The summed E-state index contributed by atoms with van der Waals surface area (Å²) in [6.07, 6.45) is 1.21. The molecular formula is C10H15FN4O. The Kier molecular flexibility index (Phi) is 2.91. The summed E-state index contributed by atoms with van der Waals surface area (Å²) in [5.41, 5.74) is 5.46. The molecular weight excluding hydrogens is 211 g/mol. The number of ether oxygens (including phenoxy) is 1. The standard InChI is InChI=1S/C10H15FN4O/c1-6-4-15(5-7(2)16-6)9-8(11)3-13-10(12)14-9/h3,6-7H,4-5H2,1-2H3,(H2,12,13,14). The molecule has 16 heavy (non-hydrogen) atoms. The number of nitrogen functional groups attached to an aromatic ring is 1. The number of hydrogen-bond acceptors (Lipinski definition) is 5. The van der Waals surface area contributed by atoms with E-state index in [1.807, 2.05) is 18.7 Å². The molecule has 2 unspecified atom stereocenters. The molecule has 1 aliphatic rings. The molecule has 6 heteroatoms. The lowest BCUT2D eigenvalue weighted by Crippen LogP contribution is -2.46. The summed E-state index contributed by atoms with van der Waals surface area (Å²) in [5, 5.41) is 0. The van der Waals surface area contributed by atoms with Crippen LogP contribution in [0.1, 0.15) is 13.8 Å². The minimum atomic E-state index is -0.449. The third-order valence-electron chi connectivity index (χ3n) is 2.46. The molecule has 1 aromatic rings. The Morgan fingerprint density at radius 3 is 2.69 bits per heavy atom. The molecule has 2 heterocycles. The molecule has 88 valence electrons. The van der Waals surface area contributed by atoms with E-state index in [9.17, 15) is 4.39 Å². The van der Waals surface area contributed by atoms with Gasteiger partial charge in [0.2, 0.25) is 5.95 Å². The molecule has 0 amide bonds. The number of halogens is 1. The average Bonchev–Trinajstić information content (AvgIpc) is 2.20. The second kappa shape index (κ2) is 4.21. The predicted octanol–water partition coefficient (Wildman–Crippen LogP) is 0.811. The monoisotopic (exact) mass is 226 g/mol. The molecule has 0 saturated carbocycles. The average molecular weight is 226 g/mol. The van der Waals surface area contributed by atoms with Crippen molar-refractivity contribution >= 4 is 11.8 Å². The van der Waals surface area contributed by atoms with Crippen LogP contribution in [-0.2, 0) is 4.74 Å². The van der Waals surface area contributed by atoms with Crippen LogP contribution in [0.5, 0.6) is 0 Å². The van der Waals surface area contributed by atoms with Crippen LogP contribution < -0.4 is 10.6 Å². The lowest BCUT2D eigenvalue weighted by atomic mass is 10.2. The van der Waals surface area contributed by atoms with Gasteiger partial charge in [-0.05, 0) is 13.8 Å². The maximum atomic E-state index is 13.5. The number of aromatic nitrogens is 2. The summed E-state index contributed by atoms with van der Waals surface area (Å²) in [7, 11) is 0. The van der Waals surface area contributed by atoms with E-state index in [2.05, 4.69) is 9.97 Å². The van der Waals surface area contributed by atoms with Crippen molar-refractivity contribution in [2.75, 3.05) is 23.7 Å². The van der Waals surface area contributed by atoms with Crippen LogP contribution in [0, 0.1) is 5.82 Å². The molecule has 5 nitrogen and oxygen atoms in total. The van der Waals surface area contributed by atoms with Gasteiger partial charge in [-0.15, -0.1) is 0 Å². The summed E-state index contributed by atoms with van der Waals surface area (Å²) in [6, 6.07) is 0. The minimum absolute atomic E-state index is 0.0549. The van der Waals surface area contributed by atoms with Gasteiger partial charge in [0.05, 0.1) is 18.4 Å². The fraction of sp³-hybridized carbons (Fsp3) is 0.600. The Bertz CT molecular complexity index is 377. The fourth-order valence-electron chi connectivity index (χ4n) is 1.94. The Morgan fingerprint density at radius 1 is 1.44 bits per heavy atom. The maximum Gasteiger partial charge on any atom is 0.222 e. The normalized spacial score (nSPS) is 25.8. The van der Waals surface area contributed by atoms with Crippen molar-refractivity contribution in [3.8, 4) is 0 Å². The van der Waals surface area contributed by atoms with Gasteiger partial charge in [0.1, 0.15) is 0 Å². The zero-order chi connectivity index (χ0) is 11.7. The summed E-state index contributed by atoms with van der Waals surface area (Å²) in [4.78, 5) is 9.37. The smallest absolute Gasteiger partial charge is 0.222 e. The first-order valence-corrected chi connectivity index (χ1v) is 5.24. The van der Waals surface area contributed by atoms with Crippen LogP contribution in [0.25, 0.3) is 0 Å². The van der Waals surface area contributed by atoms with Gasteiger partial charge in [0.25, 0.3) is 0 Å². The molecule has 0 aliphatic carbocycles. The van der Waals surface area contributed by atoms with Crippen molar-refractivity contribution in [3.05, 3.63) is 12.0 Å². The van der Waals surface area contributed by atoms with E-state index >= 15 is 0 Å². The maximum absolute atomic E-state index is 13.5. The molecule has 0 radical (unpaired) electrons. The molecule has 0 spiro atoms. The van der Waals surface area contributed by atoms with Gasteiger partial charge >= 0.3 is 0 Å². The number of rotatable bonds is 1. The first-order chi connectivity index (χ1) is 7.56. The Hall–Kier alpha value is -1.43. The summed E-state index contributed by atoms with van der Waals surface area (Å²) in [6.45, 7) is 5.12. The number of nitrogens with two attached hydrogens (primary N) is 1. The lowest BCUT2D eigenvalue weighted by Gasteiger charge is -2.36. The van der Waals surface area contributed by atoms with E-state index < -0.39 is 5.82 Å². The van der Waals surface area contributed by atoms with Crippen LogP contribution in [-0.4, -0.2) is 35.3 Å². The lowest BCUT2D eigenvalue weighted by molar-refractivity contribution is -0.00565. The summed E-state index contributed by atoms with van der Waals surface area (Å²) < 4.78 is 19.1.